The van der Waals surface area contributed by atoms with Crippen LogP contribution >= 0.6 is 11.6 Å². The van der Waals surface area contributed by atoms with E-state index in [1.807, 2.05) is 6.92 Å². The second-order valence-electron chi connectivity index (χ2n) is 3.29. The molecule has 2 nitrogen and oxygen atoms in total. The van der Waals surface area contributed by atoms with Crippen molar-refractivity contribution in [2.24, 2.45) is 0 Å². The standard InChI is InChI=1S/C10H9ClN2/c1-6-9(5-12)7-3-2-4-8(7)10(11)13-6/h2-4H2,1H3. The van der Waals surface area contributed by atoms with Gasteiger partial charge in [0.2, 0.25) is 0 Å². The van der Waals surface area contributed by atoms with Crippen molar-refractivity contribution in [3.05, 3.63) is 27.5 Å². The Kier molecular flexibility index (Phi) is 1.97. The molecule has 0 unspecified atom stereocenters. The lowest BCUT2D eigenvalue weighted by Gasteiger charge is -2.05. The Labute approximate surface area is 82.2 Å². The fraction of sp³-hybridized carbons (Fsp3) is 0.400. The molecule has 0 saturated carbocycles. The van der Waals surface area contributed by atoms with Gasteiger partial charge in [0, 0.05) is 0 Å². The number of nitriles is 1. The van der Waals surface area contributed by atoms with Crippen molar-refractivity contribution >= 4 is 11.6 Å². The van der Waals surface area contributed by atoms with Crippen LogP contribution in [-0.4, -0.2) is 4.98 Å². The van der Waals surface area contributed by atoms with Crippen LogP contribution in [0.4, 0.5) is 0 Å². The maximum atomic E-state index is 8.94. The summed E-state index contributed by atoms with van der Waals surface area (Å²) in [6, 6.07) is 2.20. The predicted octanol–water partition coefficient (Wildman–Crippen LogP) is 2.40. The van der Waals surface area contributed by atoms with Crippen molar-refractivity contribution in [2.75, 3.05) is 0 Å². The molecule has 0 N–H and O–H groups in total. The van der Waals surface area contributed by atoms with Crippen LogP contribution in [0.3, 0.4) is 0 Å². The van der Waals surface area contributed by atoms with Gasteiger partial charge in [-0.05, 0) is 37.3 Å². The molecule has 1 aliphatic carbocycles. The zero-order chi connectivity index (χ0) is 9.42. The number of nitrogens with zero attached hydrogens (tertiary/aromatic N) is 2. The summed E-state index contributed by atoms with van der Waals surface area (Å²) in [4.78, 5) is 4.16. The lowest BCUT2D eigenvalue weighted by atomic mass is 10.1. The molecule has 0 spiro atoms. The van der Waals surface area contributed by atoms with E-state index in [1.165, 1.54) is 0 Å². The molecule has 13 heavy (non-hydrogen) atoms. The van der Waals surface area contributed by atoms with Gasteiger partial charge in [0.25, 0.3) is 0 Å². The van der Waals surface area contributed by atoms with Gasteiger partial charge in [0.15, 0.2) is 0 Å². The van der Waals surface area contributed by atoms with Crippen LogP contribution in [0.25, 0.3) is 0 Å². The van der Waals surface area contributed by atoms with Crippen molar-refractivity contribution in [3.8, 4) is 6.07 Å². The highest BCUT2D eigenvalue weighted by Gasteiger charge is 2.20. The van der Waals surface area contributed by atoms with Crippen molar-refractivity contribution < 1.29 is 0 Å². The minimum Gasteiger partial charge on any atom is -0.240 e. The molecule has 1 aliphatic rings. The van der Waals surface area contributed by atoms with E-state index in [2.05, 4.69) is 11.1 Å². The van der Waals surface area contributed by atoms with Crippen molar-refractivity contribution in [1.82, 2.24) is 4.98 Å². The molecular formula is C10H9ClN2. The van der Waals surface area contributed by atoms with E-state index in [1.54, 1.807) is 0 Å². The van der Waals surface area contributed by atoms with E-state index in [0.717, 1.165) is 41.6 Å². The third-order valence-corrected chi connectivity index (χ3v) is 2.82. The average molecular weight is 193 g/mol. The molecule has 0 fully saturated rings. The van der Waals surface area contributed by atoms with Gasteiger partial charge in [-0.3, -0.25) is 0 Å². The number of aromatic nitrogens is 1. The molecule has 1 heterocycles. The lowest BCUT2D eigenvalue weighted by Crippen LogP contribution is -1.97. The molecule has 0 aliphatic heterocycles. The van der Waals surface area contributed by atoms with Gasteiger partial charge in [0.1, 0.15) is 11.2 Å². The molecule has 1 aromatic rings. The molecular weight excluding hydrogens is 184 g/mol. The summed E-state index contributed by atoms with van der Waals surface area (Å²) in [6.45, 7) is 1.84. The Bertz CT molecular complexity index is 404. The van der Waals surface area contributed by atoms with E-state index < -0.39 is 0 Å². The highest BCUT2D eigenvalue weighted by Crippen LogP contribution is 2.31. The molecule has 0 radical (unpaired) electrons. The number of pyridine rings is 1. The summed E-state index contributed by atoms with van der Waals surface area (Å²) in [5, 5.41) is 9.53. The molecule has 66 valence electrons. The molecule has 3 heteroatoms. The van der Waals surface area contributed by atoms with E-state index in [9.17, 15) is 0 Å². The first kappa shape index (κ1) is 8.52. The Morgan fingerprint density at radius 2 is 2.08 bits per heavy atom. The largest absolute Gasteiger partial charge is 0.240 e. The second-order valence-corrected chi connectivity index (χ2v) is 3.64. The van der Waals surface area contributed by atoms with Gasteiger partial charge < -0.3 is 0 Å². The lowest BCUT2D eigenvalue weighted by molar-refractivity contribution is 0.910. The summed E-state index contributed by atoms with van der Waals surface area (Å²) in [6.07, 6.45) is 3.03. The van der Waals surface area contributed by atoms with Crippen LogP contribution in [0.2, 0.25) is 5.15 Å². The number of halogens is 1. The number of hydrogen-bond acceptors (Lipinski definition) is 2. The number of aryl methyl sites for hydroxylation is 1. The van der Waals surface area contributed by atoms with Gasteiger partial charge >= 0.3 is 0 Å². The minimum atomic E-state index is 0.587. The van der Waals surface area contributed by atoms with Gasteiger partial charge in [-0.1, -0.05) is 11.6 Å². The van der Waals surface area contributed by atoms with Crippen molar-refractivity contribution in [3.63, 3.8) is 0 Å². The molecule has 0 bridgehead atoms. The summed E-state index contributed by atoms with van der Waals surface area (Å²) >= 11 is 5.98. The van der Waals surface area contributed by atoms with Crippen LogP contribution < -0.4 is 0 Å². The zero-order valence-electron chi connectivity index (χ0n) is 7.39. The van der Waals surface area contributed by atoms with Gasteiger partial charge in [-0.2, -0.15) is 5.26 Å². The minimum absolute atomic E-state index is 0.587. The SMILES string of the molecule is Cc1nc(Cl)c2c(c1C#N)CCC2. The van der Waals surface area contributed by atoms with E-state index in [-0.39, 0.29) is 0 Å². The molecule has 2 rings (SSSR count). The van der Waals surface area contributed by atoms with E-state index in [4.69, 9.17) is 16.9 Å². The molecule has 0 atom stereocenters. The topological polar surface area (TPSA) is 36.7 Å². The number of hydrogen-bond donors (Lipinski definition) is 0. The average Bonchev–Trinajstić information content (AvgIpc) is 2.53. The third kappa shape index (κ3) is 1.20. The van der Waals surface area contributed by atoms with Crippen molar-refractivity contribution in [2.45, 2.75) is 26.2 Å². The maximum absolute atomic E-state index is 8.94. The first-order valence-electron chi connectivity index (χ1n) is 4.32. The molecule has 0 amide bonds. The van der Waals surface area contributed by atoms with Crippen LogP contribution in [0, 0.1) is 18.3 Å². The van der Waals surface area contributed by atoms with Gasteiger partial charge in [0.05, 0.1) is 11.3 Å². The Hall–Kier alpha value is -1.07. The quantitative estimate of drug-likeness (QED) is 0.592. The maximum Gasteiger partial charge on any atom is 0.132 e. The highest BCUT2D eigenvalue weighted by atomic mass is 35.5. The highest BCUT2D eigenvalue weighted by molar-refractivity contribution is 6.30. The Morgan fingerprint density at radius 3 is 2.77 bits per heavy atom. The molecule has 1 aromatic heterocycles. The summed E-state index contributed by atoms with van der Waals surface area (Å²) in [7, 11) is 0. The zero-order valence-corrected chi connectivity index (χ0v) is 8.15. The van der Waals surface area contributed by atoms with Gasteiger partial charge in [-0.15, -0.1) is 0 Å². The van der Waals surface area contributed by atoms with E-state index >= 15 is 0 Å². The van der Waals surface area contributed by atoms with Crippen LogP contribution in [0.15, 0.2) is 0 Å². The second kappa shape index (κ2) is 3.01. The molecule has 0 aromatic carbocycles. The Balaban J connectivity index is 2.74. The van der Waals surface area contributed by atoms with E-state index in [0.29, 0.717) is 5.15 Å². The first-order chi connectivity index (χ1) is 6.24. The normalized spacial score (nSPS) is 13.9. The summed E-state index contributed by atoms with van der Waals surface area (Å²) in [5.41, 5.74) is 3.70. The predicted molar refractivity (Wildman–Crippen MR) is 50.7 cm³/mol. The number of fused-ring (bicyclic) bond motifs is 1. The third-order valence-electron chi connectivity index (χ3n) is 2.51. The summed E-state index contributed by atoms with van der Waals surface area (Å²) < 4.78 is 0. The first-order valence-corrected chi connectivity index (χ1v) is 4.69. The monoisotopic (exact) mass is 192 g/mol. The van der Waals surface area contributed by atoms with Crippen LogP contribution in [0.5, 0.6) is 0 Å². The van der Waals surface area contributed by atoms with Crippen LogP contribution in [0.1, 0.15) is 28.8 Å². The molecule has 0 saturated heterocycles. The Morgan fingerprint density at radius 1 is 1.38 bits per heavy atom. The fourth-order valence-electron chi connectivity index (χ4n) is 1.88. The van der Waals surface area contributed by atoms with Crippen molar-refractivity contribution in [1.29, 1.82) is 5.26 Å². The van der Waals surface area contributed by atoms with Gasteiger partial charge in [-0.25, -0.2) is 4.98 Å². The smallest absolute Gasteiger partial charge is 0.132 e. The van der Waals surface area contributed by atoms with Crippen LogP contribution in [-0.2, 0) is 12.8 Å². The fourth-order valence-corrected chi connectivity index (χ4v) is 2.22. The number of rotatable bonds is 0. The summed E-state index contributed by atoms with van der Waals surface area (Å²) in [5.74, 6) is 0.